The van der Waals surface area contributed by atoms with Gasteiger partial charge < -0.3 is 15.8 Å². The van der Waals surface area contributed by atoms with Crippen molar-refractivity contribution in [2.24, 2.45) is 0 Å². The minimum Gasteiger partial charge on any atom is -0.397 e. The van der Waals surface area contributed by atoms with Crippen LogP contribution in [-0.4, -0.2) is 35.4 Å². The minimum atomic E-state index is -0.155. The van der Waals surface area contributed by atoms with Crippen molar-refractivity contribution in [1.82, 2.24) is 15.5 Å². The Balaban J connectivity index is 1.97. The van der Waals surface area contributed by atoms with Crippen LogP contribution in [0.4, 0.5) is 5.69 Å². The molecule has 0 saturated carbocycles. The van der Waals surface area contributed by atoms with Crippen LogP contribution in [0.2, 0.25) is 0 Å². The summed E-state index contributed by atoms with van der Waals surface area (Å²) in [5.41, 5.74) is 8.44. The van der Waals surface area contributed by atoms with E-state index in [0.717, 1.165) is 23.1 Å². The van der Waals surface area contributed by atoms with Crippen molar-refractivity contribution in [3.63, 3.8) is 0 Å². The molecule has 3 N–H and O–H groups in total. The summed E-state index contributed by atoms with van der Waals surface area (Å²) in [6, 6.07) is 0.0704. The molecule has 1 fully saturated rings. The van der Waals surface area contributed by atoms with Crippen LogP contribution in [0, 0.1) is 13.8 Å². The number of anilines is 1. The molecule has 2 aromatic heterocycles. The predicted molar refractivity (Wildman–Crippen MR) is 78.0 cm³/mol. The number of hydrogen-bond donors (Lipinski definition) is 2. The lowest BCUT2D eigenvalue weighted by Gasteiger charge is -2.09. The summed E-state index contributed by atoms with van der Waals surface area (Å²) in [6.45, 7) is 5.08. The summed E-state index contributed by atoms with van der Waals surface area (Å²) in [4.78, 5) is 13.5. The third-order valence-electron chi connectivity index (χ3n) is 3.61. The predicted octanol–water partition coefficient (Wildman–Crippen LogP) is 1.41. The molecular formula is C13H16N4O2S. The minimum absolute atomic E-state index is 0.0704. The molecule has 1 aliphatic rings. The van der Waals surface area contributed by atoms with Gasteiger partial charge in [-0.25, -0.2) is 0 Å². The van der Waals surface area contributed by atoms with E-state index in [1.54, 1.807) is 0 Å². The van der Waals surface area contributed by atoms with Crippen molar-refractivity contribution in [2.45, 2.75) is 26.3 Å². The van der Waals surface area contributed by atoms with Gasteiger partial charge in [-0.1, -0.05) is 0 Å². The van der Waals surface area contributed by atoms with Crippen molar-refractivity contribution in [1.29, 1.82) is 0 Å². The maximum absolute atomic E-state index is 12.3. The van der Waals surface area contributed by atoms with E-state index in [0.29, 0.717) is 28.6 Å². The first-order chi connectivity index (χ1) is 9.58. The second-order valence-electron chi connectivity index (χ2n) is 4.97. The van der Waals surface area contributed by atoms with Crippen LogP contribution in [0.5, 0.6) is 0 Å². The average molecular weight is 292 g/mol. The molecule has 20 heavy (non-hydrogen) atoms. The number of hydrogen-bond acceptors (Lipinski definition) is 6. The van der Waals surface area contributed by atoms with Gasteiger partial charge in [0.05, 0.1) is 24.0 Å². The highest BCUT2D eigenvalue weighted by Gasteiger charge is 2.23. The van der Waals surface area contributed by atoms with Gasteiger partial charge in [-0.3, -0.25) is 4.79 Å². The lowest BCUT2D eigenvalue weighted by Crippen LogP contribution is -2.34. The summed E-state index contributed by atoms with van der Waals surface area (Å²) in [5, 5.41) is 12.0. The molecule has 3 rings (SSSR count). The summed E-state index contributed by atoms with van der Waals surface area (Å²) < 4.78 is 5.25. The van der Waals surface area contributed by atoms with Crippen LogP contribution >= 0.6 is 11.3 Å². The Morgan fingerprint density at radius 3 is 2.95 bits per heavy atom. The van der Waals surface area contributed by atoms with Crippen molar-refractivity contribution in [3.8, 4) is 0 Å². The molecule has 1 atom stereocenters. The van der Waals surface area contributed by atoms with E-state index >= 15 is 0 Å². The van der Waals surface area contributed by atoms with Crippen LogP contribution in [0.1, 0.15) is 27.3 Å². The number of aromatic nitrogens is 2. The number of carbonyl (C=O) groups is 1. The van der Waals surface area contributed by atoms with Crippen LogP contribution in [0.15, 0.2) is 0 Å². The Bertz CT molecular complexity index is 677. The van der Waals surface area contributed by atoms with Crippen LogP contribution < -0.4 is 11.1 Å². The third-order valence-corrected chi connectivity index (χ3v) is 4.69. The number of nitrogens with one attached hydrogen (secondary N) is 1. The molecule has 106 valence electrons. The van der Waals surface area contributed by atoms with Gasteiger partial charge in [-0.15, -0.1) is 16.4 Å². The highest BCUT2D eigenvalue weighted by Crippen LogP contribution is 2.34. The highest BCUT2D eigenvalue weighted by atomic mass is 32.1. The molecule has 7 heteroatoms. The molecule has 1 saturated heterocycles. The number of nitrogen functional groups attached to an aromatic ring is 1. The number of nitrogens with zero attached hydrogens (tertiary/aromatic N) is 2. The van der Waals surface area contributed by atoms with Gasteiger partial charge in [0.25, 0.3) is 5.91 Å². The van der Waals surface area contributed by atoms with Gasteiger partial charge in [0.1, 0.15) is 9.71 Å². The summed E-state index contributed by atoms with van der Waals surface area (Å²) in [7, 11) is 0. The first-order valence-corrected chi connectivity index (χ1v) is 7.30. The maximum Gasteiger partial charge on any atom is 0.263 e. The monoisotopic (exact) mass is 292 g/mol. The van der Waals surface area contributed by atoms with Gasteiger partial charge in [0, 0.05) is 12.0 Å². The summed E-state index contributed by atoms with van der Waals surface area (Å²) in [5.74, 6) is -0.155. The molecule has 0 aromatic carbocycles. The summed E-state index contributed by atoms with van der Waals surface area (Å²) >= 11 is 1.29. The smallest absolute Gasteiger partial charge is 0.263 e. The highest BCUT2D eigenvalue weighted by molar-refractivity contribution is 7.21. The number of aryl methyl sites for hydroxylation is 2. The van der Waals surface area contributed by atoms with Gasteiger partial charge in [-0.2, -0.15) is 5.10 Å². The zero-order valence-corrected chi connectivity index (χ0v) is 12.2. The van der Waals surface area contributed by atoms with Crippen molar-refractivity contribution < 1.29 is 9.53 Å². The third kappa shape index (κ3) is 2.12. The van der Waals surface area contributed by atoms with Gasteiger partial charge in [-0.05, 0) is 25.8 Å². The number of nitrogens with two attached hydrogens (primary N) is 1. The maximum atomic E-state index is 12.3. The molecule has 0 spiro atoms. The van der Waals surface area contributed by atoms with Gasteiger partial charge in [0.15, 0.2) is 0 Å². The Labute approximate surface area is 120 Å². The normalized spacial score (nSPS) is 18.6. The molecule has 0 aliphatic carbocycles. The van der Waals surface area contributed by atoms with E-state index in [1.165, 1.54) is 11.3 Å². The molecule has 1 amide bonds. The van der Waals surface area contributed by atoms with E-state index in [9.17, 15) is 4.79 Å². The SMILES string of the molecule is Cc1nnc2sc(C(=O)NC3CCOC3)c(N)c2c1C. The van der Waals surface area contributed by atoms with Crippen LogP contribution in [0.3, 0.4) is 0 Å². The number of rotatable bonds is 2. The molecule has 1 aliphatic heterocycles. The largest absolute Gasteiger partial charge is 0.397 e. The van der Waals surface area contributed by atoms with Crippen molar-refractivity contribution in [2.75, 3.05) is 18.9 Å². The van der Waals surface area contributed by atoms with E-state index in [2.05, 4.69) is 15.5 Å². The van der Waals surface area contributed by atoms with Gasteiger partial charge in [0.2, 0.25) is 0 Å². The van der Waals surface area contributed by atoms with E-state index in [1.807, 2.05) is 13.8 Å². The Morgan fingerprint density at radius 1 is 1.45 bits per heavy atom. The van der Waals surface area contributed by atoms with Crippen LogP contribution in [0.25, 0.3) is 10.2 Å². The number of thiophene rings is 1. The van der Waals surface area contributed by atoms with E-state index in [4.69, 9.17) is 10.5 Å². The Hall–Kier alpha value is -1.73. The fourth-order valence-electron chi connectivity index (χ4n) is 2.31. The van der Waals surface area contributed by atoms with Gasteiger partial charge >= 0.3 is 0 Å². The second kappa shape index (κ2) is 4.99. The Morgan fingerprint density at radius 2 is 2.25 bits per heavy atom. The zero-order chi connectivity index (χ0) is 14.3. The summed E-state index contributed by atoms with van der Waals surface area (Å²) in [6.07, 6.45) is 0.842. The number of amides is 1. The second-order valence-corrected chi connectivity index (χ2v) is 5.97. The Kier molecular flexibility index (Phi) is 3.31. The first kappa shape index (κ1) is 13.3. The molecule has 2 aromatic rings. The standard InChI is InChI=1S/C13H16N4O2S/c1-6-7(2)16-17-13-9(6)10(14)11(20-13)12(18)15-8-3-4-19-5-8/h8H,3-5,14H2,1-2H3,(H,15,18). The molecule has 6 nitrogen and oxygen atoms in total. The molecule has 3 heterocycles. The fraction of sp³-hybridized carbons (Fsp3) is 0.462. The number of ether oxygens (including phenoxy) is 1. The molecule has 0 bridgehead atoms. The zero-order valence-electron chi connectivity index (χ0n) is 11.4. The quantitative estimate of drug-likeness (QED) is 0.873. The average Bonchev–Trinajstić information content (AvgIpc) is 3.02. The van der Waals surface area contributed by atoms with E-state index < -0.39 is 0 Å². The lowest BCUT2D eigenvalue weighted by molar-refractivity contribution is 0.0935. The number of fused-ring (bicyclic) bond motifs is 1. The van der Waals surface area contributed by atoms with Crippen molar-refractivity contribution >= 4 is 33.1 Å². The molecule has 0 radical (unpaired) electrons. The number of carbonyl (C=O) groups excluding carboxylic acids is 1. The van der Waals surface area contributed by atoms with E-state index in [-0.39, 0.29) is 11.9 Å². The molecule has 1 unspecified atom stereocenters. The fourth-order valence-corrected chi connectivity index (χ4v) is 3.31. The lowest BCUT2D eigenvalue weighted by atomic mass is 10.1. The van der Waals surface area contributed by atoms with Crippen LogP contribution in [-0.2, 0) is 4.74 Å². The van der Waals surface area contributed by atoms with Crippen molar-refractivity contribution in [3.05, 3.63) is 16.1 Å². The topological polar surface area (TPSA) is 90.1 Å². The molecular weight excluding hydrogens is 276 g/mol. The first-order valence-electron chi connectivity index (χ1n) is 6.48.